The van der Waals surface area contributed by atoms with Crippen molar-refractivity contribution >= 4 is 19.8 Å². The monoisotopic (exact) mass is 1090 g/mol. The molecular formula is C68H104NO8P. The average Bonchev–Trinajstić information content (AvgIpc) is 3.41. The minimum absolute atomic E-state index is 0.0604. The third kappa shape index (κ3) is 60.1. The lowest BCUT2D eigenvalue weighted by Crippen LogP contribution is -2.37. The van der Waals surface area contributed by atoms with Gasteiger partial charge in [-0.3, -0.25) is 14.2 Å². The maximum atomic E-state index is 12.8. The van der Waals surface area contributed by atoms with Crippen LogP contribution in [0.3, 0.4) is 0 Å². The second kappa shape index (κ2) is 56.6. The smallest absolute Gasteiger partial charge is 0.306 e. The highest BCUT2D eigenvalue weighted by Gasteiger charge is 2.21. The number of hydrogen-bond acceptors (Lipinski definition) is 8. The zero-order valence-corrected chi connectivity index (χ0v) is 49.9. The molecule has 0 aromatic carbocycles. The van der Waals surface area contributed by atoms with Crippen molar-refractivity contribution in [1.82, 2.24) is 0 Å². The number of likely N-dealkylation sites (N-methyl/N-ethyl adjacent to an activating group) is 1. The molecule has 0 fully saturated rings. The molecule has 9 nitrogen and oxygen atoms in total. The van der Waals surface area contributed by atoms with E-state index in [1.807, 2.05) is 27.2 Å². The number of ether oxygens (including phenoxy) is 2. The Balaban J connectivity index is 4.43. The van der Waals surface area contributed by atoms with Gasteiger partial charge < -0.3 is 27.9 Å². The Morgan fingerprint density at radius 3 is 1.04 bits per heavy atom. The van der Waals surface area contributed by atoms with Crippen molar-refractivity contribution in [2.45, 2.75) is 174 Å². The first-order chi connectivity index (χ1) is 38.0. The van der Waals surface area contributed by atoms with Crippen LogP contribution in [0, 0.1) is 0 Å². The number of phosphoric acid groups is 1. The summed E-state index contributed by atoms with van der Waals surface area (Å²) < 4.78 is 34.0. The van der Waals surface area contributed by atoms with Gasteiger partial charge in [-0.05, 0) is 135 Å². The zero-order chi connectivity index (χ0) is 57.0. The molecule has 0 spiro atoms. The molecule has 2 unspecified atom stereocenters. The molecule has 78 heavy (non-hydrogen) atoms. The molecular weight excluding hydrogens is 990 g/mol. The third-order valence-corrected chi connectivity index (χ3v) is 12.1. The fourth-order valence-corrected chi connectivity index (χ4v) is 7.42. The van der Waals surface area contributed by atoms with E-state index >= 15 is 0 Å². The molecule has 0 aromatic rings. The van der Waals surface area contributed by atoms with Gasteiger partial charge in [0.1, 0.15) is 19.8 Å². The summed E-state index contributed by atoms with van der Waals surface area (Å²) in [4.78, 5) is 37.9. The van der Waals surface area contributed by atoms with Crippen molar-refractivity contribution in [2.75, 3.05) is 47.5 Å². The SMILES string of the molecule is CC/C=C\C/C=C\C/C=C\C/C=C\C/C=C\C/C=C\C/C=C\C/C=C\C/C=C\CCCC(=O)OC(COC(=O)CCCCC/C=C\C/C=C\C/C=C\C/C=C\C/C=C\C/C=C\C/C=C\CC)COP(=O)([O-])OCC[N+](C)(C)C. The van der Waals surface area contributed by atoms with Crippen LogP contribution in [0.2, 0.25) is 0 Å². The predicted octanol–water partition coefficient (Wildman–Crippen LogP) is 18.0. The van der Waals surface area contributed by atoms with Crippen molar-refractivity contribution in [3.05, 3.63) is 194 Å². The number of nitrogens with zero attached hydrogens (tertiary/aromatic N) is 1. The summed E-state index contributed by atoms with van der Waals surface area (Å²) in [7, 11) is 1.07. The summed E-state index contributed by atoms with van der Waals surface area (Å²) in [6.07, 6.45) is 89.1. The van der Waals surface area contributed by atoms with E-state index in [1.165, 1.54) is 0 Å². The summed E-state index contributed by atoms with van der Waals surface area (Å²) in [5.41, 5.74) is 0. The first kappa shape index (κ1) is 72.8. The standard InChI is InChI=1S/C68H104NO8P/c1-6-8-10-12-14-16-18-20-22-24-26-28-30-32-33-34-35-37-39-41-43-45-47-49-51-53-55-57-59-61-68(71)77-66(65-76-78(72,73)75-63-62-69(3,4)5)64-74-67(70)60-58-56-54-52-50-48-46-44-42-40-38-36-31-29-27-25-23-21-19-17-15-13-11-9-7-2/h8-11,14-17,20-23,26-29,32-33,35-38,41-44,47-50,53,55,66H,6-7,12-13,18-19,24-25,30-31,34,39-40,45-46,51-52,54,56-65H2,1-5H3/b10-8-,11-9-,16-14-,17-15-,22-20-,23-21-,28-26-,29-27-,33-32-,37-35-,38-36-,43-41-,44-42-,49-47-,50-48-,55-53-. The van der Waals surface area contributed by atoms with E-state index in [2.05, 4.69) is 202 Å². The molecule has 0 bridgehead atoms. The molecule has 0 radical (unpaired) electrons. The van der Waals surface area contributed by atoms with Crippen molar-refractivity contribution in [2.24, 2.45) is 0 Å². The summed E-state index contributed by atoms with van der Waals surface area (Å²) in [5, 5.41) is 0. The van der Waals surface area contributed by atoms with Gasteiger partial charge in [-0.15, -0.1) is 0 Å². The molecule has 0 aromatic heterocycles. The molecule has 0 heterocycles. The first-order valence-corrected chi connectivity index (χ1v) is 30.6. The van der Waals surface area contributed by atoms with E-state index in [0.29, 0.717) is 30.3 Å². The highest BCUT2D eigenvalue weighted by Crippen LogP contribution is 2.38. The maximum absolute atomic E-state index is 12.8. The fourth-order valence-electron chi connectivity index (χ4n) is 6.69. The lowest BCUT2D eigenvalue weighted by atomic mass is 10.1. The molecule has 0 saturated carbocycles. The number of quaternary nitrogens is 1. The van der Waals surface area contributed by atoms with Crippen LogP contribution in [0.1, 0.15) is 168 Å². The number of carbonyl (C=O) groups is 2. The Labute approximate surface area is 475 Å². The Kier molecular flexibility index (Phi) is 52.8. The number of esters is 2. The zero-order valence-electron chi connectivity index (χ0n) is 49.0. The molecule has 434 valence electrons. The van der Waals surface area contributed by atoms with Gasteiger partial charge in [-0.25, -0.2) is 0 Å². The van der Waals surface area contributed by atoms with Gasteiger partial charge in [0.15, 0.2) is 6.10 Å². The molecule has 0 N–H and O–H groups in total. The second-order valence-electron chi connectivity index (χ2n) is 19.5. The van der Waals surface area contributed by atoms with Gasteiger partial charge in [0.25, 0.3) is 7.82 Å². The molecule has 0 amide bonds. The molecule has 0 aliphatic heterocycles. The third-order valence-electron chi connectivity index (χ3n) is 11.1. The lowest BCUT2D eigenvalue weighted by Gasteiger charge is -2.28. The van der Waals surface area contributed by atoms with Gasteiger partial charge in [-0.1, -0.05) is 215 Å². The normalized spacial score (nSPS) is 14.7. The molecule has 0 aliphatic carbocycles. The van der Waals surface area contributed by atoms with Crippen LogP contribution in [0.15, 0.2) is 194 Å². The van der Waals surface area contributed by atoms with Crippen LogP contribution >= 0.6 is 7.82 Å². The Bertz CT molecular complexity index is 2010. The van der Waals surface area contributed by atoms with E-state index in [4.69, 9.17) is 18.5 Å². The molecule has 0 saturated heterocycles. The number of allylic oxidation sites excluding steroid dienone is 32. The van der Waals surface area contributed by atoms with E-state index in [1.54, 1.807) is 0 Å². The topological polar surface area (TPSA) is 111 Å². The summed E-state index contributed by atoms with van der Waals surface area (Å²) in [6.45, 7) is 3.86. The van der Waals surface area contributed by atoms with Crippen molar-refractivity contribution in [3.8, 4) is 0 Å². The van der Waals surface area contributed by atoms with Crippen LogP contribution in [0.25, 0.3) is 0 Å². The number of hydrogen-bond donors (Lipinski definition) is 0. The number of unbranched alkanes of at least 4 members (excludes halogenated alkanes) is 4. The van der Waals surface area contributed by atoms with Crippen LogP contribution in [0.4, 0.5) is 0 Å². The van der Waals surface area contributed by atoms with Gasteiger partial charge >= 0.3 is 11.9 Å². The van der Waals surface area contributed by atoms with Crippen LogP contribution in [-0.4, -0.2) is 70.0 Å². The highest BCUT2D eigenvalue weighted by atomic mass is 31.2. The minimum Gasteiger partial charge on any atom is -0.756 e. The van der Waals surface area contributed by atoms with E-state index in [9.17, 15) is 19.0 Å². The number of carbonyl (C=O) groups excluding carboxylic acids is 2. The van der Waals surface area contributed by atoms with Gasteiger partial charge in [0, 0.05) is 12.8 Å². The summed E-state index contributed by atoms with van der Waals surface area (Å²) >= 11 is 0. The fraction of sp³-hybridized carbons (Fsp3) is 0.500. The molecule has 2 atom stereocenters. The largest absolute Gasteiger partial charge is 0.756 e. The summed E-state index contributed by atoms with van der Waals surface area (Å²) in [5.74, 6) is -0.964. The van der Waals surface area contributed by atoms with Gasteiger partial charge in [0.2, 0.25) is 0 Å². The molecule has 10 heteroatoms. The van der Waals surface area contributed by atoms with Crippen LogP contribution < -0.4 is 4.89 Å². The minimum atomic E-state index is -4.68. The number of phosphoric ester groups is 1. The van der Waals surface area contributed by atoms with Crippen molar-refractivity contribution < 1.29 is 42.1 Å². The molecule has 0 aliphatic rings. The Hall–Kier alpha value is -5.15. The van der Waals surface area contributed by atoms with Crippen LogP contribution in [-0.2, 0) is 32.7 Å². The Morgan fingerprint density at radius 2 is 0.705 bits per heavy atom. The first-order valence-electron chi connectivity index (χ1n) is 29.1. The Morgan fingerprint density at radius 1 is 0.397 bits per heavy atom. The van der Waals surface area contributed by atoms with E-state index in [-0.39, 0.29) is 26.1 Å². The predicted molar refractivity (Wildman–Crippen MR) is 332 cm³/mol. The van der Waals surface area contributed by atoms with E-state index < -0.39 is 32.5 Å². The summed E-state index contributed by atoms with van der Waals surface area (Å²) in [6, 6.07) is 0. The number of rotatable bonds is 50. The van der Waals surface area contributed by atoms with E-state index in [0.717, 1.165) is 122 Å². The lowest BCUT2D eigenvalue weighted by molar-refractivity contribution is -0.870. The van der Waals surface area contributed by atoms with Crippen molar-refractivity contribution in [3.63, 3.8) is 0 Å². The van der Waals surface area contributed by atoms with Crippen LogP contribution in [0.5, 0.6) is 0 Å². The highest BCUT2D eigenvalue weighted by molar-refractivity contribution is 7.45. The van der Waals surface area contributed by atoms with Gasteiger partial charge in [0.05, 0.1) is 27.7 Å². The van der Waals surface area contributed by atoms with Crippen molar-refractivity contribution in [1.29, 1.82) is 0 Å². The maximum Gasteiger partial charge on any atom is 0.306 e. The van der Waals surface area contributed by atoms with Gasteiger partial charge in [-0.2, -0.15) is 0 Å². The quantitative estimate of drug-likeness (QED) is 0.0195. The average molecular weight is 1090 g/mol. The second-order valence-corrected chi connectivity index (χ2v) is 20.9. The molecule has 0 rings (SSSR count).